The van der Waals surface area contributed by atoms with Crippen LogP contribution in [-0.2, 0) is 6.42 Å². The SMILES string of the molecule is CCC1Cc2cc(Br)cc(Cl)c2O1. The van der Waals surface area contributed by atoms with Crippen LogP contribution in [-0.4, -0.2) is 6.10 Å². The van der Waals surface area contributed by atoms with Gasteiger partial charge in [0, 0.05) is 16.5 Å². The summed E-state index contributed by atoms with van der Waals surface area (Å²) in [5.74, 6) is 0.872. The number of hydrogen-bond donors (Lipinski definition) is 0. The van der Waals surface area contributed by atoms with Gasteiger partial charge in [0.2, 0.25) is 0 Å². The van der Waals surface area contributed by atoms with Gasteiger partial charge in [-0.3, -0.25) is 0 Å². The van der Waals surface area contributed by atoms with Crippen molar-refractivity contribution in [3.8, 4) is 5.75 Å². The van der Waals surface area contributed by atoms with Crippen LogP contribution in [0.1, 0.15) is 18.9 Å². The molecular weight excluding hydrogens is 251 g/mol. The van der Waals surface area contributed by atoms with Gasteiger partial charge < -0.3 is 4.74 Å². The van der Waals surface area contributed by atoms with Crippen molar-refractivity contribution in [1.82, 2.24) is 0 Å². The van der Waals surface area contributed by atoms with Crippen LogP contribution in [0.5, 0.6) is 5.75 Å². The lowest BCUT2D eigenvalue weighted by atomic mass is 10.1. The minimum Gasteiger partial charge on any atom is -0.488 e. The van der Waals surface area contributed by atoms with Gasteiger partial charge in [0.25, 0.3) is 0 Å². The summed E-state index contributed by atoms with van der Waals surface area (Å²) in [4.78, 5) is 0. The summed E-state index contributed by atoms with van der Waals surface area (Å²) in [6.07, 6.45) is 2.31. The Bertz CT molecular complexity index is 338. The number of ether oxygens (including phenoxy) is 1. The maximum Gasteiger partial charge on any atom is 0.141 e. The molecule has 2 rings (SSSR count). The lowest BCUT2D eigenvalue weighted by Crippen LogP contribution is -2.10. The second-order valence-corrected chi connectivity index (χ2v) is 4.55. The summed E-state index contributed by atoms with van der Waals surface area (Å²) < 4.78 is 6.71. The fourth-order valence-corrected chi connectivity index (χ4v) is 2.50. The van der Waals surface area contributed by atoms with Gasteiger partial charge in [0.1, 0.15) is 11.9 Å². The van der Waals surface area contributed by atoms with E-state index in [1.165, 1.54) is 5.56 Å². The molecule has 1 aromatic rings. The highest BCUT2D eigenvalue weighted by Crippen LogP contribution is 2.38. The Morgan fingerprint density at radius 1 is 1.62 bits per heavy atom. The molecule has 1 nitrogen and oxygen atoms in total. The summed E-state index contributed by atoms with van der Waals surface area (Å²) in [7, 11) is 0. The molecule has 0 bridgehead atoms. The Balaban J connectivity index is 2.40. The second-order valence-electron chi connectivity index (χ2n) is 3.23. The zero-order valence-electron chi connectivity index (χ0n) is 7.31. The van der Waals surface area contributed by atoms with E-state index in [1.54, 1.807) is 0 Å². The van der Waals surface area contributed by atoms with Crippen molar-refractivity contribution in [1.29, 1.82) is 0 Å². The molecule has 0 N–H and O–H groups in total. The van der Waals surface area contributed by atoms with Gasteiger partial charge in [-0.25, -0.2) is 0 Å². The summed E-state index contributed by atoms with van der Waals surface area (Å²) in [6, 6.07) is 3.95. The molecule has 0 saturated heterocycles. The third-order valence-corrected chi connectivity index (χ3v) is 3.01. The van der Waals surface area contributed by atoms with E-state index in [1.807, 2.05) is 6.07 Å². The summed E-state index contributed by atoms with van der Waals surface area (Å²) in [5, 5.41) is 0.709. The van der Waals surface area contributed by atoms with Crippen molar-refractivity contribution < 1.29 is 4.74 Å². The molecule has 0 aliphatic carbocycles. The minimum absolute atomic E-state index is 0.307. The van der Waals surface area contributed by atoms with Crippen molar-refractivity contribution in [2.45, 2.75) is 25.9 Å². The highest BCUT2D eigenvalue weighted by molar-refractivity contribution is 9.10. The Hall–Kier alpha value is -0.210. The number of benzene rings is 1. The molecule has 0 amide bonds. The van der Waals surface area contributed by atoms with Crippen molar-refractivity contribution in [2.75, 3.05) is 0 Å². The Morgan fingerprint density at radius 3 is 3.08 bits per heavy atom. The molecule has 0 aromatic heterocycles. The fourth-order valence-electron chi connectivity index (χ4n) is 1.58. The third-order valence-electron chi connectivity index (χ3n) is 2.27. The van der Waals surface area contributed by atoms with E-state index in [0.717, 1.165) is 23.1 Å². The van der Waals surface area contributed by atoms with Crippen LogP contribution in [0.25, 0.3) is 0 Å². The molecule has 0 radical (unpaired) electrons. The fraction of sp³-hybridized carbons (Fsp3) is 0.400. The molecule has 3 heteroatoms. The quantitative estimate of drug-likeness (QED) is 0.747. The van der Waals surface area contributed by atoms with E-state index >= 15 is 0 Å². The van der Waals surface area contributed by atoms with Crippen LogP contribution in [0, 0.1) is 0 Å². The summed E-state index contributed by atoms with van der Waals surface area (Å²) >= 11 is 9.46. The number of halogens is 2. The maximum atomic E-state index is 6.04. The molecule has 1 aliphatic heterocycles. The van der Waals surface area contributed by atoms with Crippen LogP contribution >= 0.6 is 27.5 Å². The average molecular weight is 262 g/mol. The summed E-state index contributed by atoms with van der Waals surface area (Å²) in [5.41, 5.74) is 1.21. The molecule has 70 valence electrons. The topological polar surface area (TPSA) is 9.23 Å². The molecule has 1 unspecified atom stereocenters. The molecule has 1 atom stereocenters. The molecule has 0 saturated carbocycles. The highest BCUT2D eigenvalue weighted by Gasteiger charge is 2.23. The molecule has 1 aromatic carbocycles. The predicted molar refractivity (Wildman–Crippen MR) is 57.6 cm³/mol. The molecule has 0 spiro atoms. The Kier molecular flexibility index (Phi) is 2.52. The normalized spacial score (nSPS) is 19.8. The van der Waals surface area contributed by atoms with Crippen molar-refractivity contribution in [3.05, 3.63) is 27.2 Å². The molecule has 13 heavy (non-hydrogen) atoms. The van der Waals surface area contributed by atoms with Crippen LogP contribution in [0.3, 0.4) is 0 Å². The largest absolute Gasteiger partial charge is 0.488 e. The van der Waals surface area contributed by atoms with Crippen molar-refractivity contribution in [3.63, 3.8) is 0 Å². The van der Waals surface area contributed by atoms with Gasteiger partial charge in [-0.15, -0.1) is 0 Å². The average Bonchev–Trinajstić information content (AvgIpc) is 2.47. The van der Waals surface area contributed by atoms with Gasteiger partial charge in [0.05, 0.1) is 5.02 Å². The van der Waals surface area contributed by atoms with E-state index in [-0.39, 0.29) is 0 Å². The van der Waals surface area contributed by atoms with E-state index in [4.69, 9.17) is 16.3 Å². The first-order valence-corrected chi connectivity index (χ1v) is 5.52. The van der Waals surface area contributed by atoms with Crippen LogP contribution in [0.2, 0.25) is 5.02 Å². The van der Waals surface area contributed by atoms with Crippen LogP contribution in [0.15, 0.2) is 16.6 Å². The number of rotatable bonds is 1. The van der Waals surface area contributed by atoms with Gasteiger partial charge in [-0.05, 0) is 18.6 Å². The Labute approximate surface area is 91.2 Å². The van der Waals surface area contributed by atoms with Crippen molar-refractivity contribution in [2.24, 2.45) is 0 Å². The number of fused-ring (bicyclic) bond motifs is 1. The smallest absolute Gasteiger partial charge is 0.141 e. The molecular formula is C10H10BrClO. The third kappa shape index (κ3) is 1.70. The zero-order valence-corrected chi connectivity index (χ0v) is 9.65. The van der Waals surface area contributed by atoms with Crippen LogP contribution < -0.4 is 4.74 Å². The molecule has 1 aliphatic rings. The van der Waals surface area contributed by atoms with Gasteiger partial charge >= 0.3 is 0 Å². The Morgan fingerprint density at radius 2 is 2.38 bits per heavy atom. The standard InChI is InChI=1S/C10H10BrClO/c1-2-8-4-6-3-7(11)5-9(12)10(6)13-8/h3,5,8H,2,4H2,1H3. The summed E-state index contributed by atoms with van der Waals surface area (Å²) in [6.45, 7) is 2.12. The van der Waals surface area contributed by atoms with E-state index in [0.29, 0.717) is 11.1 Å². The maximum absolute atomic E-state index is 6.04. The van der Waals surface area contributed by atoms with Crippen molar-refractivity contribution >= 4 is 27.5 Å². The van der Waals surface area contributed by atoms with E-state index < -0.39 is 0 Å². The van der Waals surface area contributed by atoms with Gasteiger partial charge in [0.15, 0.2) is 0 Å². The first kappa shape index (κ1) is 9.35. The lowest BCUT2D eigenvalue weighted by molar-refractivity contribution is 0.228. The molecule has 1 heterocycles. The highest BCUT2D eigenvalue weighted by atomic mass is 79.9. The first-order valence-electron chi connectivity index (χ1n) is 4.35. The van der Waals surface area contributed by atoms with Gasteiger partial charge in [-0.2, -0.15) is 0 Å². The lowest BCUT2D eigenvalue weighted by Gasteiger charge is -2.07. The monoisotopic (exact) mass is 260 g/mol. The van der Waals surface area contributed by atoms with Crippen LogP contribution in [0.4, 0.5) is 0 Å². The van der Waals surface area contributed by atoms with E-state index in [9.17, 15) is 0 Å². The van der Waals surface area contributed by atoms with Gasteiger partial charge in [-0.1, -0.05) is 34.5 Å². The minimum atomic E-state index is 0.307. The van der Waals surface area contributed by atoms with E-state index in [2.05, 4.69) is 28.9 Å². The number of hydrogen-bond acceptors (Lipinski definition) is 1. The molecule has 0 fully saturated rings. The first-order chi connectivity index (χ1) is 6.20. The predicted octanol–water partition coefficient (Wildman–Crippen LogP) is 3.82. The second kappa shape index (κ2) is 3.50. The zero-order chi connectivity index (χ0) is 9.42.